The summed E-state index contributed by atoms with van der Waals surface area (Å²) in [5.74, 6) is -2.24. The molecule has 0 unspecified atom stereocenters. The number of nitrogens with one attached hydrogen (secondary N) is 2. The van der Waals surface area contributed by atoms with Crippen LogP contribution in [-0.4, -0.2) is 11.5 Å². The molecule has 2 aromatic rings. The smallest absolute Gasteiger partial charge is 0.169 e. The lowest BCUT2D eigenvalue weighted by molar-refractivity contribution is 0.579. The maximum atomic E-state index is 13.6. The third-order valence-corrected chi connectivity index (χ3v) is 2.71. The predicted octanol–water partition coefficient (Wildman–Crippen LogP) is 3.98. The molecule has 0 aliphatic carbocycles. The molecule has 1 heterocycles. The van der Waals surface area contributed by atoms with Crippen LogP contribution in [0.15, 0.2) is 24.3 Å². The zero-order valence-electron chi connectivity index (χ0n) is 11.1. The summed E-state index contributed by atoms with van der Waals surface area (Å²) >= 11 is 0. The van der Waals surface area contributed by atoms with Crippen molar-refractivity contribution in [3.8, 4) is 0 Å². The first-order chi connectivity index (χ1) is 9.51. The zero-order valence-corrected chi connectivity index (χ0v) is 11.1. The molecule has 0 fully saturated rings. The molecule has 1 aromatic carbocycles. The third-order valence-electron chi connectivity index (χ3n) is 2.71. The van der Waals surface area contributed by atoms with Crippen molar-refractivity contribution in [2.24, 2.45) is 0 Å². The van der Waals surface area contributed by atoms with E-state index >= 15 is 0 Å². The molecule has 0 amide bonds. The van der Waals surface area contributed by atoms with Crippen LogP contribution in [0.3, 0.4) is 0 Å². The fourth-order valence-corrected chi connectivity index (χ4v) is 1.65. The number of hydrogen-bond donors (Lipinski definition) is 2. The van der Waals surface area contributed by atoms with Gasteiger partial charge in [0.25, 0.3) is 0 Å². The van der Waals surface area contributed by atoms with E-state index in [9.17, 15) is 13.2 Å². The minimum absolute atomic E-state index is 0.0519. The first kappa shape index (κ1) is 14.2. The van der Waals surface area contributed by atoms with Gasteiger partial charge in [-0.1, -0.05) is 6.07 Å². The Labute approximate surface area is 114 Å². The molecule has 2 rings (SSSR count). The van der Waals surface area contributed by atoms with E-state index < -0.39 is 17.5 Å². The van der Waals surface area contributed by atoms with Crippen LogP contribution in [0, 0.1) is 24.4 Å². The molecule has 0 atom stereocenters. The highest BCUT2D eigenvalue weighted by atomic mass is 19.1. The number of anilines is 3. The van der Waals surface area contributed by atoms with Crippen molar-refractivity contribution in [2.75, 3.05) is 17.2 Å². The normalized spacial score (nSPS) is 10.4. The lowest BCUT2D eigenvalue weighted by Crippen LogP contribution is -2.06. The number of aromatic nitrogens is 1. The van der Waals surface area contributed by atoms with Crippen molar-refractivity contribution < 1.29 is 13.2 Å². The highest BCUT2D eigenvalue weighted by Crippen LogP contribution is 2.23. The quantitative estimate of drug-likeness (QED) is 0.890. The van der Waals surface area contributed by atoms with E-state index in [0.717, 1.165) is 6.07 Å². The van der Waals surface area contributed by atoms with Crippen LogP contribution in [0.2, 0.25) is 0 Å². The molecule has 6 heteroatoms. The lowest BCUT2D eigenvalue weighted by Gasteiger charge is -2.11. The Morgan fingerprint density at radius 2 is 1.70 bits per heavy atom. The van der Waals surface area contributed by atoms with E-state index in [4.69, 9.17) is 0 Å². The molecule has 0 bridgehead atoms. The van der Waals surface area contributed by atoms with Crippen LogP contribution in [0.1, 0.15) is 12.5 Å². The summed E-state index contributed by atoms with van der Waals surface area (Å²) in [6.45, 7) is 3.85. The van der Waals surface area contributed by atoms with Gasteiger partial charge in [0.2, 0.25) is 0 Å². The fraction of sp³-hybridized carbons (Fsp3) is 0.214. The van der Waals surface area contributed by atoms with E-state index in [2.05, 4.69) is 15.6 Å². The molecule has 106 valence electrons. The second-order valence-electron chi connectivity index (χ2n) is 4.27. The van der Waals surface area contributed by atoms with Crippen molar-refractivity contribution >= 4 is 17.3 Å². The van der Waals surface area contributed by atoms with Crippen LogP contribution in [0.5, 0.6) is 0 Å². The number of rotatable bonds is 4. The Bertz CT molecular complexity index is 629. The van der Waals surface area contributed by atoms with Gasteiger partial charge in [-0.2, -0.15) is 0 Å². The molecule has 0 aliphatic rings. The van der Waals surface area contributed by atoms with Crippen molar-refractivity contribution in [3.63, 3.8) is 0 Å². The summed E-state index contributed by atoms with van der Waals surface area (Å²) in [5, 5.41) is 5.32. The average Bonchev–Trinajstić information content (AvgIpc) is 2.39. The Morgan fingerprint density at radius 3 is 2.35 bits per heavy atom. The van der Waals surface area contributed by atoms with Gasteiger partial charge in [0.05, 0.1) is 0 Å². The van der Waals surface area contributed by atoms with Gasteiger partial charge < -0.3 is 10.6 Å². The SMILES string of the molecule is CCNc1nc(Nc2ccc(C)c(F)c2)c(F)cc1F. The van der Waals surface area contributed by atoms with Gasteiger partial charge >= 0.3 is 0 Å². The highest BCUT2D eigenvalue weighted by Gasteiger charge is 2.12. The van der Waals surface area contributed by atoms with Gasteiger partial charge in [-0.15, -0.1) is 0 Å². The van der Waals surface area contributed by atoms with Gasteiger partial charge in [0.1, 0.15) is 5.82 Å². The molecule has 0 saturated carbocycles. The van der Waals surface area contributed by atoms with Gasteiger partial charge in [-0.3, -0.25) is 0 Å². The molecule has 3 nitrogen and oxygen atoms in total. The molecular formula is C14H14F3N3. The third kappa shape index (κ3) is 3.01. The van der Waals surface area contributed by atoms with Crippen molar-refractivity contribution in [1.29, 1.82) is 0 Å². The van der Waals surface area contributed by atoms with Gasteiger partial charge in [-0.05, 0) is 31.5 Å². The van der Waals surface area contributed by atoms with Crippen LogP contribution in [0.4, 0.5) is 30.5 Å². The number of nitrogens with zero attached hydrogens (tertiary/aromatic N) is 1. The Morgan fingerprint density at radius 1 is 1.00 bits per heavy atom. The first-order valence-corrected chi connectivity index (χ1v) is 6.14. The minimum atomic E-state index is -0.842. The zero-order chi connectivity index (χ0) is 14.7. The molecule has 0 radical (unpaired) electrons. The molecular weight excluding hydrogens is 267 g/mol. The van der Waals surface area contributed by atoms with Crippen LogP contribution in [0.25, 0.3) is 0 Å². The molecule has 0 spiro atoms. The van der Waals surface area contributed by atoms with Crippen LogP contribution in [-0.2, 0) is 0 Å². The van der Waals surface area contributed by atoms with E-state index in [1.165, 1.54) is 6.07 Å². The van der Waals surface area contributed by atoms with Crippen LogP contribution >= 0.6 is 0 Å². The summed E-state index contributed by atoms with van der Waals surface area (Å²) in [6, 6.07) is 5.12. The van der Waals surface area contributed by atoms with Crippen LogP contribution < -0.4 is 10.6 Å². The maximum absolute atomic E-state index is 13.6. The van der Waals surface area contributed by atoms with Crippen molar-refractivity contribution in [1.82, 2.24) is 4.98 Å². The largest absolute Gasteiger partial charge is 0.368 e. The number of pyridine rings is 1. The molecule has 2 N–H and O–H groups in total. The van der Waals surface area contributed by atoms with E-state index in [0.29, 0.717) is 17.8 Å². The number of aryl methyl sites for hydroxylation is 1. The Kier molecular flexibility index (Phi) is 4.12. The summed E-state index contributed by atoms with van der Waals surface area (Å²) in [6.07, 6.45) is 0. The lowest BCUT2D eigenvalue weighted by atomic mass is 10.2. The van der Waals surface area contributed by atoms with E-state index in [1.54, 1.807) is 26.0 Å². The monoisotopic (exact) mass is 281 g/mol. The second-order valence-corrected chi connectivity index (χ2v) is 4.27. The maximum Gasteiger partial charge on any atom is 0.169 e. The summed E-state index contributed by atoms with van der Waals surface area (Å²) < 4.78 is 40.5. The molecule has 1 aromatic heterocycles. The summed E-state index contributed by atoms with van der Waals surface area (Å²) in [7, 11) is 0. The standard InChI is InChI=1S/C14H14F3N3/c1-3-18-13-11(16)7-12(17)14(20-13)19-9-5-4-8(2)10(15)6-9/h4-7H,3H2,1-2H3,(H2,18,19,20). The fourth-order valence-electron chi connectivity index (χ4n) is 1.65. The predicted molar refractivity (Wildman–Crippen MR) is 72.7 cm³/mol. The average molecular weight is 281 g/mol. The minimum Gasteiger partial charge on any atom is -0.368 e. The number of hydrogen-bond acceptors (Lipinski definition) is 3. The Balaban J connectivity index is 2.32. The van der Waals surface area contributed by atoms with E-state index in [-0.39, 0.29) is 11.6 Å². The Hall–Kier alpha value is -2.24. The van der Waals surface area contributed by atoms with Gasteiger partial charge in [-0.25, -0.2) is 18.2 Å². The first-order valence-electron chi connectivity index (χ1n) is 6.14. The summed E-state index contributed by atoms with van der Waals surface area (Å²) in [5.41, 5.74) is 0.824. The topological polar surface area (TPSA) is 37.0 Å². The molecule has 20 heavy (non-hydrogen) atoms. The number of benzene rings is 1. The molecule has 0 aliphatic heterocycles. The number of halogens is 3. The van der Waals surface area contributed by atoms with Gasteiger partial charge in [0.15, 0.2) is 23.3 Å². The van der Waals surface area contributed by atoms with E-state index in [1.807, 2.05) is 0 Å². The van der Waals surface area contributed by atoms with Gasteiger partial charge in [0, 0.05) is 18.3 Å². The highest BCUT2D eigenvalue weighted by molar-refractivity contribution is 5.59. The van der Waals surface area contributed by atoms with Crippen molar-refractivity contribution in [2.45, 2.75) is 13.8 Å². The summed E-state index contributed by atoms with van der Waals surface area (Å²) in [4.78, 5) is 3.81. The van der Waals surface area contributed by atoms with Crippen molar-refractivity contribution in [3.05, 3.63) is 47.3 Å². The second kappa shape index (κ2) is 5.81. The molecule has 0 saturated heterocycles.